The SMILES string of the molecule is C[CH]OC(=C1C(=O)N(C(N)=O)c2cc(Cl)c(F)cc21)c1cccs1. The molecule has 0 bridgehead atoms. The summed E-state index contributed by atoms with van der Waals surface area (Å²) in [4.78, 5) is 25.9. The van der Waals surface area contributed by atoms with Crippen LogP contribution in [-0.2, 0) is 9.53 Å². The number of hydrogen-bond acceptors (Lipinski definition) is 4. The summed E-state index contributed by atoms with van der Waals surface area (Å²) in [6, 6.07) is 4.85. The van der Waals surface area contributed by atoms with Crippen molar-refractivity contribution in [1.82, 2.24) is 0 Å². The van der Waals surface area contributed by atoms with Gasteiger partial charge in [0.05, 0.1) is 21.2 Å². The van der Waals surface area contributed by atoms with E-state index in [0.717, 1.165) is 11.0 Å². The number of nitrogens with zero attached hydrogens (tertiary/aromatic N) is 1. The van der Waals surface area contributed by atoms with E-state index in [2.05, 4.69) is 0 Å². The Bertz CT molecular complexity index is 864. The third-order valence-corrected chi connectivity index (χ3v) is 4.55. The molecule has 0 fully saturated rings. The van der Waals surface area contributed by atoms with Crippen LogP contribution in [-0.4, -0.2) is 11.9 Å². The quantitative estimate of drug-likeness (QED) is 0.659. The standard InChI is InChI=1S/C16H11ClFN2O3S/c1-2-23-14(12-4-3-5-24-12)13-8-6-10(18)9(17)7-11(8)20(15(13)21)16(19)22/h2-7H,1H3,(H2,19,22). The Balaban J connectivity index is 2.33. The summed E-state index contributed by atoms with van der Waals surface area (Å²) in [6.07, 6.45) is 0. The molecule has 1 aliphatic heterocycles. The number of rotatable bonds is 3. The number of primary amides is 1. The zero-order valence-corrected chi connectivity index (χ0v) is 14.0. The van der Waals surface area contributed by atoms with Crippen molar-refractivity contribution < 1.29 is 18.7 Å². The number of hydrogen-bond donors (Lipinski definition) is 1. The van der Waals surface area contributed by atoms with Crippen molar-refractivity contribution in [3.63, 3.8) is 0 Å². The lowest BCUT2D eigenvalue weighted by molar-refractivity contribution is -0.112. The van der Waals surface area contributed by atoms with Gasteiger partial charge in [-0.05, 0) is 30.5 Å². The van der Waals surface area contributed by atoms with Crippen molar-refractivity contribution in [2.24, 2.45) is 5.73 Å². The van der Waals surface area contributed by atoms with Crippen LogP contribution in [0.3, 0.4) is 0 Å². The minimum atomic E-state index is -0.982. The highest BCUT2D eigenvalue weighted by atomic mass is 35.5. The number of fused-ring (bicyclic) bond motifs is 1. The molecule has 2 aromatic rings. The van der Waals surface area contributed by atoms with Crippen LogP contribution in [0.1, 0.15) is 17.4 Å². The van der Waals surface area contributed by atoms with Crippen molar-refractivity contribution in [2.45, 2.75) is 6.92 Å². The fourth-order valence-electron chi connectivity index (χ4n) is 2.46. The van der Waals surface area contributed by atoms with Crippen LogP contribution in [0.25, 0.3) is 11.3 Å². The summed E-state index contributed by atoms with van der Waals surface area (Å²) in [7, 11) is 0. The van der Waals surface area contributed by atoms with Gasteiger partial charge >= 0.3 is 6.03 Å². The first-order valence-electron chi connectivity index (χ1n) is 6.81. The Labute approximate surface area is 146 Å². The molecule has 0 aliphatic carbocycles. The van der Waals surface area contributed by atoms with Crippen LogP contribution >= 0.6 is 22.9 Å². The normalized spacial score (nSPS) is 15.5. The average Bonchev–Trinajstić information content (AvgIpc) is 3.12. The van der Waals surface area contributed by atoms with E-state index in [0.29, 0.717) is 4.88 Å². The molecular weight excluding hydrogens is 355 g/mol. The van der Waals surface area contributed by atoms with E-state index >= 15 is 0 Å². The first-order valence-corrected chi connectivity index (χ1v) is 8.07. The van der Waals surface area contributed by atoms with Crippen molar-refractivity contribution >= 4 is 51.9 Å². The van der Waals surface area contributed by atoms with Gasteiger partial charge in [-0.2, -0.15) is 0 Å². The van der Waals surface area contributed by atoms with E-state index in [4.69, 9.17) is 22.1 Å². The van der Waals surface area contributed by atoms with E-state index < -0.39 is 17.8 Å². The zero-order valence-electron chi connectivity index (χ0n) is 12.4. The fourth-order valence-corrected chi connectivity index (χ4v) is 3.34. The summed E-state index contributed by atoms with van der Waals surface area (Å²) in [5.41, 5.74) is 5.69. The molecule has 1 aromatic heterocycles. The van der Waals surface area contributed by atoms with Crippen molar-refractivity contribution in [2.75, 3.05) is 4.90 Å². The van der Waals surface area contributed by atoms with Crippen LogP contribution in [0.5, 0.6) is 0 Å². The number of amides is 3. The van der Waals surface area contributed by atoms with E-state index in [1.165, 1.54) is 24.0 Å². The molecular formula is C16H11ClFN2O3S. The van der Waals surface area contributed by atoms with E-state index in [-0.39, 0.29) is 27.6 Å². The number of carbonyl (C=O) groups is 2. The van der Waals surface area contributed by atoms with Crippen LogP contribution in [0.15, 0.2) is 29.6 Å². The molecule has 2 N–H and O–H groups in total. The first-order chi connectivity index (χ1) is 11.5. The number of imide groups is 1. The number of benzene rings is 1. The molecule has 0 spiro atoms. The van der Waals surface area contributed by atoms with Crippen LogP contribution in [0.4, 0.5) is 14.9 Å². The summed E-state index contributed by atoms with van der Waals surface area (Å²) < 4.78 is 19.5. The van der Waals surface area contributed by atoms with Crippen LogP contribution in [0.2, 0.25) is 5.02 Å². The molecule has 24 heavy (non-hydrogen) atoms. The monoisotopic (exact) mass is 365 g/mol. The molecule has 5 nitrogen and oxygen atoms in total. The number of ether oxygens (including phenoxy) is 1. The molecule has 3 rings (SSSR count). The molecule has 1 aromatic carbocycles. The summed E-state index contributed by atoms with van der Waals surface area (Å²) in [6.45, 7) is 3.04. The molecule has 3 amide bonds. The highest BCUT2D eigenvalue weighted by Gasteiger charge is 2.39. The van der Waals surface area contributed by atoms with E-state index in [9.17, 15) is 14.0 Å². The van der Waals surface area contributed by atoms with Crippen molar-refractivity contribution in [3.8, 4) is 0 Å². The van der Waals surface area contributed by atoms with E-state index in [1.54, 1.807) is 19.1 Å². The van der Waals surface area contributed by atoms with Gasteiger partial charge in [-0.1, -0.05) is 17.7 Å². The largest absolute Gasteiger partial charge is 0.485 e. The number of thiophene rings is 1. The summed E-state index contributed by atoms with van der Waals surface area (Å²) in [5, 5.41) is 1.60. The molecule has 123 valence electrons. The highest BCUT2D eigenvalue weighted by Crippen LogP contribution is 2.43. The van der Waals surface area contributed by atoms with Gasteiger partial charge in [0, 0.05) is 5.56 Å². The average molecular weight is 366 g/mol. The Kier molecular flexibility index (Phi) is 4.29. The van der Waals surface area contributed by atoms with Gasteiger partial charge in [-0.3, -0.25) is 4.79 Å². The molecule has 1 radical (unpaired) electrons. The van der Waals surface area contributed by atoms with Gasteiger partial charge in [-0.25, -0.2) is 14.1 Å². The second kappa shape index (κ2) is 6.26. The number of halogens is 2. The Morgan fingerprint density at radius 3 is 2.79 bits per heavy atom. The molecule has 0 saturated heterocycles. The lowest BCUT2D eigenvalue weighted by Gasteiger charge is -2.12. The molecule has 0 unspecified atom stereocenters. The Morgan fingerprint density at radius 2 is 2.21 bits per heavy atom. The predicted octanol–water partition coefficient (Wildman–Crippen LogP) is 4.03. The maximum atomic E-state index is 13.9. The number of anilines is 1. The fraction of sp³-hybridized carbons (Fsp3) is 0.0625. The van der Waals surface area contributed by atoms with Gasteiger partial charge < -0.3 is 10.5 Å². The number of nitrogens with two attached hydrogens (primary N) is 1. The van der Waals surface area contributed by atoms with E-state index in [1.807, 2.05) is 5.38 Å². The minimum Gasteiger partial charge on any atom is -0.485 e. The first kappa shape index (κ1) is 16.5. The molecule has 8 heteroatoms. The smallest absolute Gasteiger partial charge is 0.326 e. The summed E-state index contributed by atoms with van der Waals surface area (Å²) >= 11 is 7.12. The summed E-state index contributed by atoms with van der Waals surface area (Å²) in [5.74, 6) is -1.17. The lowest BCUT2D eigenvalue weighted by Crippen LogP contribution is -2.38. The maximum Gasteiger partial charge on any atom is 0.326 e. The third-order valence-electron chi connectivity index (χ3n) is 3.39. The Hall–Kier alpha value is -2.38. The second-order valence-electron chi connectivity index (χ2n) is 4.80. The van der Waals surface area contributed by atoms with Crippen LogP contribution < -0.4 is 10.6 Å². The highest BCUT2D eigenvalue weighted by molar-refractivity contribution is 7.11. The van der Waals surface area contributed by atoms with Crippen molar-refractivity contribution in [3.05, 3.63) is 57.5 Å². The number of urea groups is 1. The van der Waals surface area contributed by atoms with Gasteiger partial charge in [-0.15, -0.1) is 11.3 Å². The van der Waals surface area contributed by atoms with Crippen molar-refractivity contribution in [1.29, 1.82) is 0 Å². The van der Waals surface area contributed by atoms with Gasteiger partial charge in [0.2, 0.25) is 0 Å². The third kappa shape index (κ3) is 2.55. The van der Waals surface area contributed by atoms with Crippen LogP contribution in [0, 0.1) is 12.4 Å². The van der Waals surface area contributed by atoms with Gasteiger partial charge in [0.1, 0.15) is 12.4 Å². The van der Waals surface area contributed by atoms with Gasteiger partial charge in [0.25, 0.3) is 5.91 Å². The van der Waals surface area contributed by atoms with Gasteiger partial charge in [0.15, 0.2) is 5.76 Å². The maximum absolute atomic E-state index is 13.9. The topological polar surface area (TPSA) is 72.6 Å². The number of carbonyl (C=O) groups excluding carboxylic acids is 2. The molecule has 0 atom stereocenters. The second-order valence-corrected chi connectivity index (χ2v) is 6.15. The molecule has 1 aliphatic rings. The lowest BCUT2D eigenvalue weighted by atomic mass is 10.0. The minimum absolute atomic E-state index is 0.0555. The molecule has 2 heterocycles. The molecule has 0 saturated carbocycles. The Morgan fingerprint density at radius 1 is 1.46 bits per heavy atom. The predicted molar refractivity (Wildman–Crippen MR) is 90.7 cm³/mol. The zero-order chi connectivity index (χ0) is 17.4.